The number of benzene rings is 7. The molecule has 0 saturated heterocycles. The van der Waals surface area contributed by atoms with Gasteiger partial charge in [-0.05, 0) is 62.0 Å². The van der Waals surface area contributed by atoms with Crippen molar-refractivity contribution in [3.8, 4) is 33.4 Å². The van der Waals surface area contributed by atoms with E-state index in [0.717, 1.165) is 44.0 Å². The van der Waals surface area contributed by atoms with Crippen molar-refractivity contribution in [2.75, 3.05) is 0 Å². The third kappa shape index (κ3) is 3.27. The quantitative estimate of drug-likeness (QED) is 0.210. The van der Waals surface area contributed by atoms with Gasteiger partial charge in [-0.15, -0.1) is 0 Å². The highest BCUT2D eigenvalue weighted by molar-refractivity contribution is 6.28. The highest BCUT2D eigenvalue weighted by Crippen LogP contribution is 2.49. The van der Waals surface area contributed by atoms with Crippen molar-refractivity contribution in [1.29, 1.82) is 0 Å². The van der Waals surface area contributed by atoms with Gasteiger partial charge in [-0.3, -0.25) is 0 Å². The van der Waals surface area contributed by atoms with Gasteiger partial charge in [-0.1, -0.05) is 121 Å². The minimum Gasteiger partial charge on any atom is -0.464 e. The smallest absolute Gasteiger partial charge is 0.144 e. The summed E-state index contributed by atoms with van der Waals surface area (Å²) >= 11 is 0. The Morgan fingerprint density at radius 2 is 0.905 bits per heavy atom. The number of furan rings is 2. The Bertz CT molecular complexity index is 2400. The minimum atomic E-state index is 0.857. The van der Waals surface area contributed by atoms with E-state index in [1.54, 1.807) is 6.26 Å². The fourth-order valence-corrected chi connectivity index (χ4v) is 6.80. The molecule has 9 aromatic rings. The first-order valence-corrected chi connectivity index (χ1v) is 14.3. The van der Waals surface area contributed by atoms with Crippen LogP contribution in [0.4, 0.5) is 0 Å². The SMILES string of the molecule is c1ccc(-c2ccccc2-c2c3ccccc3c(-c3cc4occc4c4c3oc3ccccc34)c3ccccc23)cc1. The summed E-state index contributed by atoms with van der Waals surface area (Å²) < 4.78 is 12.7. The molecule has 0 unspecified atom stereocenters. The van der Waals surface area contributed by atoms with E-state index in [1.807, 2.05) is 18.2 Å². The molecular formula is C40H24O2. The summed E-state index contributed by atoms with van der Waals surface area (Å²) in [6.45, 7) is 0. The van der Waals surface area contributed by atoms with Crippen LogP contribution in [0.15, 0.2) is 155 Å². The van der Waals surface area contributed by atoms with E-state index < -0.39 is 0 Å². The van der Waals surface area contributed by atoms with Crippen molar-refractivity contribution in [2.45, 2.75) is 0 Å². The average Bonchev–Trinajstić information content (AvgIpc) is 3.68. The monoisotopic (exact) mass is 536 g/mol. The van der Waals surface area contributed by atoms with E-state index in [1.165, 1.54) is 43.8 Å². The number of rotatable bonds is 3. The van der Waals surface area contributed by atoms with Crippen molar-refractivity contribution in [3.05, 3.63) is 146 Å². The third-order valence-electron chi connectivity index (χ3n) is 8.56. The van der Waals surface area contributed by atoms with Gasteiger partial charge in [0.25, 0.3) is 0 Å². The van der Waals surface area contributed by atoms with Gasteiger partial charge in [0, 0.05) is 27.3 Å². The van der Waals surface area contributed by atoms with Crippen LogP contribution in [0.3, 0.4) is 0 Å². The maximum Gasteiger partial charge on any atom is 0.144 e. The van der Waals surface area contributed by atoms with Gasteiger partial charge < -0.3 is 8.83 Å². The lowest BCUT2D eigenvalue weighted by Gasteiger charge is -2.19. The van der Waals surface area contributed by atoms with Crippen molar-refractivity contribution in [1.82, 2.24) is 0 Å². The van der Waals surface area contributed by atoms with E-state index in [4.69, 9.17) is 8.83 Å². The molecule has 2 aromatic heterocycles. The Morgan fingerprint density at radius 3 is 1.60 bits per heavy atom. The largest absolute Gasteiger partial charge is 0.464 e. The molecule has 0 aliphatic heterocycles. The van der Waals surface area contributed by atoms with Gasteiger partial charge >= 0.3 is 0 Å². The van der Waals surface area contributed by atoms with Crippen molar-refractivity contribution in [2.24, 2.45) is 0 Å². The Kier molecular flexibility index (Phi) is 4.93. The third-order valence-corrected chi connectivity index (χ3v) is 8.56. The first-order chi connectivity index (χ1) is 20.9. The zero-order chi connectivity index (χ0) is 27.6. The summed E-state index contributed by atoms with van der Waals surface area (Å²) in [4.78, 5) is 0. The van der Waals surface area contributed by atoms with Gasteiger partial charge in [0.1, 0.15) is 16.7 Å². The van der Waals surface area contributed by atoms with Crippen molar-refractivity contribution >= 4 is 54.5 Å². The molecule has 2 heteroatoms. The van der Waals surface area contributed by atoms with Crippen LogP contribution in [0, 0.1) is 0 Å². The van der Waals surface area contributed by atoms with Crippen molar-refractivity contribution < 1.29 is 8.83 Å². The van der Waals surface area contributed by atoms with Gasteiger partial charge in [-0.25, -0.2) is 0 Å². The average molecular weight is 537 g/mol. The number of para-hydroxylation sites is 1. The molecule has 0 aliphatic carbocycles. The second-order valence-corrected chi connectivity index (χ2v) is 10.8. The van der Waals surface area contributed by atoms with Crippen molar-refractivity contribution in [3.63, 3.8) is 0 Å². The van der Waals surface area contributed by atoms with Gasteiger partial charge in [0.05, 0.1) is 6.26 Å². The first-order valence-electron chi connectivity index (χ1n) is 14.3. The summed E-state index contributed by atoms with van der Waals surface area (Å²) in [7, 11) is 0. The van der Waals surface area contributed by atoms with E-state index in [9.17, 15) is 0 Å². The fourth-order valence-electron chi connectivity index (χ4n) is 6.80. The molecular weight excluding hydrogens is 512 g/mol. The molecule has 0 bridgehead atoms. The molecule has 0 atom stereocenters. The van der Waals surface area contributed by atoms with Crippen LogP contribution in [-0.4, -0.2) is 0 Å². The number of fused-ring (bicyclic) bond motifs is 7. The standard InChI is InChI=1S/C40H24O2/c1-2-12-25(13-3-1)26-14-4-5-15-27(26)37-28-16-6-8-18-30(28)38(31-19-9-7-17-29(31)37)34-24-36-33(22-23-41-36)39-32-20-10-11-21-35(32)42-40(34)39/h1-24H. The van der Waals surface area contributed by atoms with Crippen LogP contribution in [0.5, 0.6) is 0 Å². The van der Waals surface area contributed by atoms with E-state index in [2.05, 4.69) is 121 Å². The number of hydrogen-bond donors (Lipinski definition) is 0. The molecule has 196 valence electrons. The summed E-state index contributed by atoms with van der Waals surface area (Å²) in [6.07, 6.45) is 1.77. The van der Waals surface area contributed by atoms with E-state index in [0.29, 0.717) is 0 Å². The molecule has 0 spiro atoms. The Labute approximate surface area is 242 Å². The van der Waals surface area contributed by atoms with Gasteiger partial charge in [-0.2, -0.15) is 0 Å². The van der Waals surface area contributed by atoms with Crippen LogP contribution in [0.2, 0.25) is 0 Å². The highest BCUT2D eigenvalue weighted by atomic mass is 16.3. The fraction of sp³-hybridized carbons (Fsp3) is 0. The maximum atomic E-state index is 6.66. The normalized spacial score (nSPS) is 11.8. The Hall–Kier alpha value is -5.60. The predicted octanol–water partition coefficient (Wildman–Crippen LogP) is 11.6. The molecule has 7 aromatic carbocycles. The first kappa shape index (κ1) is 23.1. The molecule has 42 heavy (non-hydrogen) atoms. The molecule has 0 aliphatic rings. The molecule has 0 amide bonds. The lowest BCUT2D eigenvalue weighted by Crippen LogP contribution is -1.93. The lowest BCUT2D eigenvalue weighted by atomic mass is 9.83. The van der Waals surface area contributed by atoms with Crippen LogP contribution in [0.1, 0.15) is 0 Å². The Balaban J connectivity index is 1.46. The van der Waals surface area contributed by atoms with Crippen LogP contribution in [-0.2, 0) is 0 Å². The summed E-state index contributed by atoms with van der Waals surface area (Å²) in [5, 5.41) is 8.04. The zero-order valence-corrected chi connectivity index (χ0v) is 22.7. The topological polar surface area (TPSA) is 26.3 Å². The van der Waals surface area contributed by atoms with Crippen LogP contribution >= 0.6 is 0 Å². The van der Waals surface area contributed by atoms with E-state index in [-0.39, 0.29) is 0 Å². The number of hydrogen-bond acceptors (Lipinski definition) is 2. The van der Waals surface area contributed by atoms with E-state index >= 15 is 0 Å². The maximum absolute atomic E-state index is 6.66. The van der Waals surface area contributed by atoms with Crippen LogP contribution in [0.25, 0.3) is 87.8 Å². The second-order valence-electron chi connectivity index (χ2n) is 10.8. The van der Waals surface area contributed by atoms with Gasteiger partial charge in [0.15, 0.2) is 0 Å². The molecule has 9 rings (SSSR count). The summed E-state index contributed by atoms with van der Waals surface area (Å²) in [5.41, 5.74) is 9.71. The molecule has 2 nitrogen and oxygen atoms in total. The molecule has 0 radical (unpaired) electrons. The zero-order valence-electron chi connectivity index (χ0n) is 22.7. The summed E-state index contributed by atoms with van der Waals surface area (Å²) in [6, 6.07) is 49.4. The molecule has 0 saturated carbocycles. The molecule has 2 heterocycles. The van der Waals surface area contributed by atoms with Gasteiger partial charge in [0.2, 0.25) is 0 Å². The highest BCUT2D eigenvalue weighted by Gasteiger charge is 2.23. The Morgan fingerprint density at radius 1 is 0.381 bits per heavy atom. The van der Waals surface area contributed by atoms with Crippen LogP contribution < -0.4 is 0 Å². The second kappa shape index (κ2) is 8.95. The molecule has 0 fully saturated rings. The molecule has 0 N–H and O–H groups in total. The predicted molar refractivity (Wildman–Crippen MR) is 175 cm³/mol. The minimum absolute atomic E-state index is 0.857. The lowest BCUT2D eigenvalue weighted by molar-refractivity contribution is 0.615. The summed E-state index contributed by atoms with van der Waals surface area (Å²) in [5.74, 6) is 0.